The summed E-state index contributed by atoms with van der Waals surface area (Å²) in [6, 6.07) is 11.8. The molecular formula is C18H23N3O. The number of hydrogen-bond donors (Lipinski definition) is 1. The first kappa shape index (κ1) is 15.0. The molecule has 0 radical (unpaired) electrons. The molecule has 0 saturated carbocycles. The normalized spacial score (nSPS) is 17.5. The number of rotatable bonds is 3. The van der Waals surface area contributed by atoms with Gasteiger partial charge >= 0.3 is 0 Å². The fourth-order valence-corrected chi connectivity index (χ4v) is 2.86. The number of hydrogen-bond acceptors (Lipinski definition) is 4. The number of aryl methyl sites for hydroxylation is 1. The van der Waals surface area contributed by atoms with Crippen molar-refractivity contribution in [3.05, 3.63) is 59.3 Å². The summed E-state index contributed by atoms with van der Waals surface area (Å²) < 4.78 is 0. The van der Waals surface area contributed by atoms with Crippen LogP contribution in [-0.4, -0.2) is 48.2 Å². The molecule has 0 spiro atoms. The van der Waals surface area contributed by atoms with Crippen molar-refractivity contribution in [3.8, 4) is 0 Å². The highest BCUT2D eigenvalue weighted by Crippen LogP contribution is 2.26. The molecule has 22 heavy (non-hydrogen) atoms. The minimum absolute atomic E-state index is 0.616. The molecule has 1 aromatic heterocycles. The van der Waals surface area contributed by atoms with Crippen molar-refractivity contribution in [1.82, 2.24) is 9.88 Å². The Kier molecular flexibility index (Phi) is 4.41. The average Bonchev–Trinajstić information content (AvgIpc) is 2.56. The second kappa shape index (κ2) is 6.46. The van der Waals surface area contributed by atoms with Crippen molar-refractivity contribution >= 4 is 5.82 Å². The number of aliphatic hydroxyl groups excluding tert-OH is 1. The smallest absolute Gasteiger partial charge is 0.128 e. The first-order valence-corrected chi connectivity index (χ1v) is 7.78. The van der Waals surface area contributed by atoms with Gasteiger partial charge in [-0.2, -0.15) is 0 Å². The van der Waals surface area contributed by atoms with Gasteiger partial charge in [-0.05, 0) is 31.2 Å². The minimum Gasteiger partial charge on any atom is -0.384 e. The van der Waals surface area contributed by atoms with Crippen LogP contribution >= 0.6 is 0 Å². The largest absolute Gasteiger partial charge is 0.384 e. The Hall–Kier alpha value is -1.91. The van der Waals surface area contributed by atoms with Crippen LogP contribution in [-0.2, 0) is 0 Å². The van der Waals surface area contributed by atoms with Crippen LogP contribution in [0.1, 0.15) is 22.8 Å². The molecule has 4 nitrogen and oxygen atoms in total. The lowest BCUT2D eigenvalue weighted by molar-refractivity contribution is 0.219. The molecule has 1 aromatic carbocycles. The van der Waals surface area contributed by atoms with E-state index in [9.17, 15) is 5.11 Å². The van der Waals surface area contributed by atoms with Crippen molar-refractivity contribution in [3.63, 3.8) is 0 Å². The van der Waals surface area contributed by atoms with Gasteiger partial charge in [0.2, 0.25) is 0 Å². The number of nitrogens with zero attached hydrogens (tertiary/aromatic N) is 3. The van der Waals surface area contributed by atoms with Gasteiger partial charge in [0.1, 0.15) is 11.9 Å². The maximum atomic E-state index is 10.5. The van der Waals surface area contributed by atoms with Gasteiger partial charge in [0.15, 0.2) is 0 Å². The highest BCUT2D eigenvalue weighted by atomic mass is 16.3. The summed E-state index contributed by atoms with van der Waals surface area (Å²) in [7, 11) is 2.15. The van der Waals surface area contributed by atoms with Crippen LogP contribution in [0.3, 0.4) is 0 Å². The first-order chi connectivity index (χ1) is 10.6. The van der Waals surface area contributed by atoms with Gasteiger partial charge in [0.05, 0.1) is 0 Å². The van der Waals surface area contributed by atoms with Gasteiger partial charge in [0, 0.05) is 37.9 Å². The van der Waals surface area contributed by atoms with Crippen LogP contribution in [0.15, 0.2) is 42.6 Å². The van der Waals surface area contributed by atoms with Gasteiger partial charge in [0.25, 0.3) is 0 Å². The third-order valence-corrected chi connectivity index (χ3v) is 4.37. The summed E-state index contributed by atoms with van der Waals surface area (Å²) in [4.78, 5) is 9.22. The molecule has 4 heteroatoms. The van der Waals surface area contributed by atoms with Crippen LogP contribution in [0, 0.1) is 6.92 Å². The highest BCUT2D eigenvalue weighted by Gasteiger charge is 2.18. The van der Waals surface area contributed by atoms with E-state index in [4.69, 9.17) is 0 Å². The van der Waals surface area contributed by atoms with E-state index >= 15 is 0 Å². The van der Waals surface area contributed by atoms with Gasteiger partial charge in [-0.25, -0.2) is 4.98 Å². The fourth-order valence-electron chi connectivity index (χ4n) is 2.86. The van der Waals surface area contributed by atoms with Crippen molar-refractivity contribution in [1.29, 1.82) is 0 Å². The number of likely N-dealkylation sites (N-methyl/N-ethyl adjacent to an activating group) is 1. The number of aliphatic hydroxyl groups is 1. The van der Waals surface area contributed by atoms with Crippen LogP contribution < -0.4 is 4.90 Å². The molecule has 1 fully saturated rings. The van der Waals surface area contributed by atoms with Gasteiger partial charge in [-0.1, -0.05) is 30.3 Å². The van der Waals surface area contributed by atoms with Crippen LogP contribution in [0.25, 0.3) is 0 Å². The maximum absolute atomic E-state index is 10.5. The standard InChI is InChI=1S/C18H23N3O/c1-14-12-17(21-10-8-20(2)9-11-21)19-13-16(14)18(22)15-6-4-3-5-7-15/h3-7,12-13,18,22H,8-11H2,1-2H3/t18-/m1/s1. The second-order valence-electron chi connectivity index (χ2n) is 6.00. The summed E-state index contributed by atoms with van der Waals surface area (Å²) in [6.45, 7) is 6.18. The van der Waals surface area contributed by atoms with Crippen LogP contribution in [0.2, 0.25) is 0 Å². The van der Waals surface area contributed by atoms with E-state index < -0.39 is 6.10 Å². The van der Waals surface area contributed by atoms with Crippen molar-refractivity contribution < 1.29 is 5.11 Å². The Labute approximate surface area is 132 Å². The zero-order chi connectivity index (χ0) is 15.5. The Morgan fingerprint density at radius 2 is 1.77 bits per heavy atom. The molecule has 1 aliphatic heterocycles. The molecule has 1 N–H and O–H groups in total. The van der Waals surface area contributed by atoms with Crippen LogP contribution in [0.5, 0.6) is 0 Å². The molecule has 116 valence electrons. The number of piperazine rings is 1. The molecule has 3 rings (SSSR count). The molecule has 0 aliphatic carbocycles. The molecule has 1 atom stereocenters. The zero-order valence-corrected chi connectivity index (χ0v) is 13.2. The summed E-state index contributed by atoms with van der Waals surface area (Å²) in [6.07, 6.45) is 1.20. The minimum atomic E-state index is -0.616. The van der Waals surface area contributed by atoms with Crippen molar-refractivity contribution in [2.75, 3.05) is 38.1 Å². The summed E-state index contributed by atoms with van der Waals surface area (Å²) in [5.74, 6) is 1.01. The SMILES string of the molecule is Cc1cc(N2CCN(C)CC2)ncc1[C@H](O)c1ccccc1. The number of benzene rings is 1. The van der Waals surface area contributed by atoms with E-state index in [1.165, 1.54) is 0 Å². The van der Waals surface area contributed by atoms with Crippen molar-refractivity contribution in [2.45, 2.75) is 13.0 Å². The molecular weight excluding hydrogens is 274 g/mol. The predicted octanol–water partition coefficient (Wildman–Crippen LogP) is 2.22. The molecule has 0 unspecified atom stereocenters. The topological polar surface area (TPSA) is 39.6 Å². The van der Waals surface area contributed by atoms with E-state index in [-0.39, 0.29) is 0 Å². The zero-order valence-electron chi connectivity index (χ0n) is 13.2. The van der Waals surface area contributed by atoms with E-state index in [0.717, 1.165) is 48.7 Å². The third-order valence-electron chi connectivity index (χ3n) is 4.37. The lowest BCUT2D eigenvalue weighted by atomic mass is 9.99. The second-order valence-corrected chi connectivity index (χ2v) is 6.00. The summed E-state index contributed by atoms with van der Waals surface area (Å²) >= 11 is 0. The molecule has 0 bridgehead atoms. The maximum Gasteiger partial charge on any atom is 0.128 e. The Morgan fingerprint density at radius 3 is 2.41 bits per heavy atom. The van der Waals surface area contributed by atoms with E-state index in [1.54, 1.807) is 0 Å². The number of pyridine rings is 1. The lowest BCUT2D eigenvalue weighted by Gasteiger charge is -2.33. The Morgan fingerprint density at radius 1 is 1.09 bits per heavy atom. The Bertz CT molecular complexity index is 621. The molecule has 2 heterocycles. The highest BCUT2D eigenvalue weighted by molar-refractivity contribution is 5.46. The lowest BCUT2D eigenvalue weighted by Crippen LogP contribution is -2.44. The van der Waals surface area contributed by atoms with E-state index in [0.29, 0.717) is 0 Å². The average molecular weight is 297 g/mol. The molecule has 1 aliphatic rings. The number of aromatic nitrogens is 1. The molecule has 1 saturated heterocycles. The number of anilines is 1. The first-order valence-electron chi connectivity index (χ1n) is 7.78. The molecule has 2 aromatic rings. The Balaban J connectivity index is 1.80. The fraction of sp³-hybridized carbons (Fsp3) is 0.389. The quantitative estimate of drug-likeness (QED) is 0.943. The monoisotopic (exact) mass is 297 g/mol. The summed E-state index contributed by atoms with van der Waals surface area (Å²) in [5, 5.41) is 10.5. The summed E-state index contributed by atoms with van der Waals surface area (Å²) in [5.41, 5.74) is 2.86. The van der Waals surface area contributed by atoms with Gasteiger partial charge < -0.3 is 14.9 Å². The predicted molar refractivity (Wildman–Crippen MR) is 89.2 cm³/mol. The van der Waals surface area contributed by atoms with E-state index in [1.807, 2.05) is 43.5 Å². The molecule has 0 amide bonds. The van der Waals surface area contributed by atoms with Gasteiger partial charge in [-0.15, -0.1) is 0 Å². The van der Waals surface area contributed by atoms with E-state index in [2.05, 4.69) is 27.9 Å². The third kappa shape index (κ3) is 3.13. The van der Waals surface area contributed by atoms with Crippen LogP contribution in [0.4, 0.5) is 5.82 Å². The van der Waals surface area contributed by atoms with Crippen molar-refractivity contribution in [2.24, 2.45) is 0 Å². The van der Waals surface area contributed by atoms with Gasteiger partial charge in [-0.3, -0.25) is 0 Å².